The fraction of sp³-hybridized carbons (Fsp3) is 0. The highest BCUT2D eigenvalue weighted by Crippen LogP contribution is 2.44. The number of aromatic nitrogens is 1. The third kappa shape index (κ3) is 5.22. The molecule has 2 heteroatoms. The fourth-order valence-electron chi connectivity index (χ4n) is 8.44. The van der Waals surface area contributed by atoms with E-state index in [0.717, 1.165) is 55.3 Å². The Morgan fingerprint density at radius 2 is 0.818 bits per heavy atom. The molecular formula is C53H33NO. The van der Waals surface area contributed by atoms with E-state index in [-0.39, 0.29) is 0 Å². The van der Waals surface area contributed by atoms with Crippen LogP contribution in [-0.4, -0.2) is 4.98 Å². The van der Waals surface area contributed by atoms with Crippen LogP contribution in [0.1, 0.15) is 0 Å². The topological polar surface area (TPSA) is 26.0 Å². The molecule has 0 amide bonds. The van der Waals surface area contributed by atoms with Crippen LogP contribution in [0.25, 0.3) is 110 Å². The van der Waals surface area contributed by atoms with Crippen LogP contribution >= 0.6 is 0 Å². The van der Waals surface area contributed by atoms with Crippen molar-refractivity contribution in [2.24, 2.45) is 0 Å². The lowest BCUT2D eigenvalue weighted by atomic mass is 9.86. The predicted octanol–water partition coefficient (Wildman–Crippen LogP) is 14.8. The molecule has 2 heterocycles. The summed E-state index contributed by atoms with van der Waals surface area (Å²) in [6.45, 7) is 0. The van der Waals surface area contributed by atoms with E-state index in [1.165, 1.54) is 54.7 Å². The number of nitrogens with zero attached hydrogens (tertiary/aromatic N) is 1. The molecule has 0 aliphatic heterocycles. The Kier molecular flexibility index (Phi) is 7.21. The van der Waals surface area contributed by atoms with Crippen molar-refractivity contribution in [3.8, 4) is 55.8 Å². The Morgan fingerprint density at radius 3 is 1.47 bits per heavy atom. The lowest BCUT2D eigenvalue weighted by molar-refractivity contribution is 0.672. The van der Waals surface area contributed by atoms with Crippen LogP contribution in [0.5, 0.6) is 0 Å². The highest BCUT2D eigenvalue weighted by Gasteiger charge is 2.17. The van der Waals surface area contributed by atoms with Gasteiger partial charge in [0.1, 0.15) is 11.2 Å². The van der Waals surface area contributed by atoms with Gasteiger partial charge in [0.2, 0.25) is 0 Å². The molecule has 0 fully saturated rings. The van der Waals surface area contributed by atoms with E-state index in [2.05, 4.69) is 194 Å². The van der Waals surface area contributed by atoms with Gasteiger partial charge in [-0.25, -0.2) is 0 Å². The molecule has 0 N–H and O–H groups in total. The molecule has 11 aromatic rings. The van der Waals surface area contributed by atoms with Crippen LogP contribution in [0.3, 0.4) is 0 Å². The maximum atomic E-state index is 6.36. The molecule has 2 nitrogen and oxygen atoms in total. The molecule has 256 valence electrons. The van der Waals surface area contributed by atoms with Crippen LogP contribution in [0.15, 0.2) is 205 Å². The molecule has 11 rings (SSSR count). The number of pyridine rings is 1. The first kappa shape index (κ1) is 31.3. The third-order valence-corrected chi connectivity index (χ3v) is 11.1. The Morgan fingerprint density at radius 1 is 0.309 bits per heavy atom. The minimum atomic E-state index is 0.906. The Labute approximate surface area is 318 Å². The third-order valence-electron chi connectivity index (χ3n) is 11.1. The van der Waals surface area contributed by atoms with Gasteiger partial charge in [-0.3, -0.25) is 4.98 Å². The number of furan rings is 1. The zero-order valence-corrected chi connectivity index (χ0v) is 29.9. The molecule has 2 aromatic heterocycles. The fourth-order valence-corrected chi connectivity index (χ4v) is 8.44. The lowest BCUT2D eigenvalue weighted by Crippen LogP contribution is -1.92. The maximum Gasteiger partial charge on any atom is 0.143 e. The minimum Gasteiger partial charge on any atom is -0.455 e. The lowest BCUT2D eigenvalue weighted by Gasteiger charge is -2.18. The number of hydrogen-bond donors (Lipinski definition) is 0. The summed E-state index contributed by atoms with van der Waals surface area (Å²) in [6.07, 6.45) is 2.04. The smallest absolute Gasteiger partial charge is 0.143 e. The van der Waals surface area contributed by atoms with Gasteiger partial charge < -0.3 is 4.42 Å². The molecule has 9 aromatic carbocycles. The summed E-state index contributed by atoms with van der Waals surface area (Å²) < 4.78 is 6.36. The van der Waals surface area contributed by atoms with Crippen LogP contribution in [0, 0.1) is 0 Å². The van der Waals surface area contributed by atoms with Crippen molar-refractivity contribution in [2.75, 3.05) is 0 Å². The predicted molar refractivity (Wildman–Crippen MR) is 231 cm³/mol. The van der Waals surface area contributed by atoms with Crippen molar-refractivity contribution in [1.29, 1.82) is 0 Å². The molecule has 0 aliphatic carbocycles. The summed E-state index contributed by atoms with van der Waals surface area (Å²) in [5.74, 6) is 0. The summed E-state index contributed by atoms with van der Waals surface area (Å²) in [5.41, 5.74) is 13.4. The molecule has 0 radical (unpaired) electrons. The molecule has 0 aliphatic rings. The standard InChI is InChI=1S/C53H33NO/c1-2-10-34(11-3-1)35-20-24-39(25-21-35)51-43-14-6-8-16-45(43)52(46-17-9-7-15-44(46)51)41-27-30-49(54-33-41)38-22-18-36(19-23-38)40-28-31-50-48(32-40)47-29-26-37-12-4-5-13-42(37)53(47)55-50/h1-33H. The highest BCUT2D eigenvalue weighted by molar-refractivity contribution is 6.21. The van der Waals surface area contributed by atoms with Gasteiger partial charge in [0.15, 0.2) is 0 Å². The van der Waals surface area contributed by atoms with Gasteiger partial charge in [-0.15, -0.1) is 0 Å². The van der Waals surface area contributed by atoms with E-state index in [1.807, 2.05) is 6.20 Å². The van der Waals surface area contributed by atoms with Gasteiger partial charge in [-0.1, -0.05) is 170 Å². The molecule has 0 unspecified atom stereocenters. The molecule has 0 saturated carbocycles. The van der Waals surface area contributed by atoms with E-state index in [9.17, 15) is 0 Å². The van der Waals surface area contributed by atoms with Crippen LogP contribution in [0.2, 0.25) is 0 Å². The van der Waals surface area contributed by atoms with Crippen molar-refractivity contribution < 1.29 is 4.42 Å². The molecule has 0 spiro atoms. The second kappa shape index (κ2) is 12.7. The summed E-state index contributed by atoms with van der Waals surface area (Å²) in [7, 11) is 0. The van der Waals surface area contributed by atoms with Gasteiger partial charge in [-0.05, 0) is 90.1 Å². The second-order valence-corrected chi connectivity index (χ2v) is 14.3. The van der Waals surface area contributed by atoms with Crippen LogP contribution in [-0.2, 0) is 0 Å². The monoisotopic (exact) mass is 699 g/mol. The molecule has 0 saturated heterocycles. The quantitative estimate of drug-likeness (QED) is 0.167. The SMILES string of the molecule is c1ccc(-c2ccc(-c3c4ccccc4c(-c4ccc(-c5ccc(-c6ccc7oc8c9ccccc9ccc8c7c6)cc5)nc4)c4ccccc34)cc2)cc1. The number of fused-ring (bicyclic) bond motifs is 7. The summed E-state index contributed by atoms with van der Waals surface area (Å²) in [4.78, 5) is 5.04. The Hall–Kier alpha value is -7.29. The number of hydrogen-bond acceptors (Lipinski definition) is 2. The molecule has 0 bridgehead atoms. The zero-order valence-electron chi connectivity index (χ0n) is 29.9. The second-order valence-electron chi connectivity index (χ2n) is 14.3. The van der Waals surface area contributed by atoms with Gasteiger partial charge in [0.05, 0.1) is 5.69 Å². The average Bonchev–Trinajstić information content (AvgIpc) is 3.65. The summed E-state index contributed by atoms with van der Waals surface area (Å²) >= 11 is 0. The Balaban J connectivity index is 0.941. The number of rotatable bonds is 5. The Bertz CT molecular complexity index is 3160. The van der Waals surface area contributed by atoms with Crippen molar-refractivity contribution >= 4 is 54.3 Å². The van der Waals surface area contributed by atoms with Crippen molar-refractivity contribution in [1.82, 2.24) is 4.98 Å². The van der Waals surface area contributed by atoms with Gasteiger partial charge in [0.25, 0.3) is 0 Å². The first-order chi connectivity index (χ1) is 27.3. The van der Waals surface area contributed by atoms with Gasteiger partial charge >= 0.3 is 0 Å². The average molecular weight is 700 g/mol. The summed E-state index contributed by atoms with van der Waals surface area (Å²) in [5, 5.41) is 9.51. The van der Waals surface area contributed by atoms with Crippen LogP contribution < -0.4 is 0 Å². The normalized spacial score (nSPS) is 11.6. The van der Waals surface area contributed by atoms with Crippen molar-refractivity contribution in [2.45, 2.75) is 0 Å². The molecule has 0 atom stereocenters. The summed E-state index contributed by atoms with van der Waals surface area (Å²) in [6, 6.07) is 69.5. The van der Waals surface area contributed by atoms with E-state index in [4.69, 9.17) is 9.40 Å². The number of benzene rings is 9. The van der Waals surface area contributed by atoms with Gasteiger partial charge in [-0.2, -0.15) is 0 Å². The highest BCUT2D eigenvalue weighted by atomic mass is 16.3. The first-order valence-electron chi connectivity index (χ1n) is 18.8. The van der Waals surface area contributed by atoms with Crippen molar-refractivity contribution in [3.05, 3.63) is 200 Å². The largest absolute Gasteiger partial charge is 0.455 e. The van der Waals surface area contributed by atoms with Crippen molar-refractivity contribution in [3.63, 3.8) is 0 Å². The van der Waals surface area contributed by atoms with E-state index in [0.29, 0.717) is 0 Å². The van der Waals surface area contributed by atoms with E-state index < -0.39 is 0 Å². The zero-order chi connectivity index (χ0) is 36.3. The van der Waals surface area contributed by atoms with Gasteiger partial charge in [0, 0.05) is 33.5 Å². The van der Waals surface area contributed by atoms with E-state index >= 15 is 0 Å². The molecular weight excluding hydrogens is 667 g/mol. The first-order valence-corrected chi connectivity index (χ1v) is 18.8. The maximum absolute atomic E-state index is 6.36. The molecule has 55 heavy (non-hydrogen) atoms. The minimum absolute atomic E-state index is 0.906. The van der Waals surface area contributed by atoms with E-state index in [1.54, 1.807) is 0 Å². The van der Waals surface area contributed by atoms with Crippen LogP contribution in [0.4, 0.5) is 0 Å².